The number of benzene rings is 1. The fourth-order valence-corrected chi connectivity index (χ4v) is 5.22. The Kier molecular flexibility index (Phi) is 5.85. The van der Waals surface area contributed by atoms with Gasteiger partial charge in [0.25, 0.3) is 0 Å². The maximum absolute atomic E-state index is 12.8. The Morgan fingerprint density at radius 2 is 2.07 bits per heavy atom. The van der Waals surface area contributed by atoms with Crippen LogP contribution in [0, 0.1) is 18.8 Å². The van der Waals surface area contributed by atoms with Gasteiger partial charge in [0.15, 0.2) is 0 Å². The highest BCUT2D eigenvalue weighted by Crippen LogP contribution is 2.36. The van der Waals surface area contributed by atoms with Crippen molar-refractivity contribution < 1.29 is 9.53 Å². The third-order valence-corrected chi connectivity index (χ3v) is 6.88. The SMILES string of the molecule is COc1ccc(C)cc1-n1nnnc1SCC(=O)N1CC[C@@H]2CCCC[C@@H]2C1. The molecule has 1 amide bonds. The van der Waals surface area contributed by atoms with Crippen molar-refractivity contribution in [2.75, 3.05) is 26.0 Å². The molecule has 2 aromatic rings. The van der Waals surface area contributed by atoms with Crippen molar-refractivity contribution in [2.45, 2.75) is 44.2 Å². The molecule has 150 valence electrons. The average molecular weight is 402 g/mol. The zero-order chi connectivity index (χ0) is 19.5. The predicted molar refractivity (Wildman–Crippen MR) is 108 cm³/mol. The summed E-state index contributed by atoms with van der Waals surface area (Å²) < 4.78 is 7.10. The highest BCUT2D eigenvalue weighted by Gasteiger charge is 2.33. The van der Waals surface area contributed by atoms with E-state index in [-0.39, 0.29) is 5.91 Å². The minimum absolute atomic E-state index is 0.180. The number of amides is 1. The van der Waals surface area contributed by atoms with Gasteiger partial charge in [-0.25, -0.2) is 0 Å². The summed E-state index contributed by atoms with van der Waals surface area (Å²) >= 11 is 1.38. The van der Waals surface area contributed by atoms with Crippen molar-refractivity contribution in [1.29, 1.82) is 0 Å². The lowest BCUT2D eigenvalue weighted by Gasteiger charge is -2.41. The summed E-state index contributed by atoms with van der Waals surface area (Å²) in [6.45, 7) is 3.82. The van der Waals surface area contributed by atoms with Crippen LogP contribution in [0.25, 0.3) is 5.69 Å². The number of nitrogens with zero attached hydrogens (tertiary/aromatic N) is 5. The van der Waals surface area contributed by atoms with E-state index in [2.05, 4.69) is 15.5 Å². The molecule has 2 heterocycles. The van der Waals surface area contributed by atoms with Gasteiger partial charge in [-0.05, 0) is 59.7 Å². The zero-order valence-electron chi connectivity index (χ0n) is 16.5. The number of fused-ring (bicyclic) bond motifs is 1. The number of thioether (sulfide) groups is 1. The maximum atomic E-state index is 12.8. The largest absolute Gasteiger partial charge is 0.494 e. The Hall–Kier alpha value is -2.09. The lowest BCUT2D eigenvalue weighted by atomic mass is 9.75. The Bertz CT molecular complexity index is 840. The number of aromatic nitrogens is 4. The molecule has 0 spiro atoms. The third-order valence-electron chi connectivity index (χ3n) is 5.97. The molecule has 1 saturated carbocycles. The van der Waals surface area contributed by atoms with Crippen molar-refractivity contribution in [3.8, 4) is 11.4 Å². The van der Waals surface area contributed by atoms with Crippen LogP contribution in [0.15, 0.2) is 23.4 Å². The van der Waals surface area contributed by atoms with Gasteiger partial charge in [-0.15, -0.1) is 5.10 Å². The monoisotopic (exact) mass is 401 g/mol. The molecule has 0 unspecified atom stereocenters. The molecule has 1 aromatic carbocycles. The van der Waals surface area contributed by atoms with Gasteiger partial charge >= 0.3 is 0 Å². The Morgan fingerprint density at radius 1 is 1.25 bits per heavy atom. The van der Waals surface area contributed by atoms with E-state index >= 15 is 0 Å². The van der Waals surface area contributed by atoms with Crippen molar-refractivity contribution >= 4 is 17.7 Å². The Labute approximate surface area is 169 Å². The molecule has 2 aliphatic rings. The third kappa shape index (κ3) is 4.01. The highest BCUT2D eigenvalue weighted by atomic mass is 32.2. The standard InChI is InChI=1S/C20H27N5O2S/c1-14-7-8-18(27-2)17(11-14)25-20(21-22-23-25)28-13-19(26)24-10-9-15-5-3-4-6-16(15)12-24/h7-8,11,15-16H,3-6,9-10,12-13H2,1-2H3/t15-,16+/m0/s1. The number of ether oxygens (including phenoxy) is 1. The van der Waals surface area contributed by atoms with Crippen LogP contribution >= 0.6 is 11.8 Å². The van der Waals surface area contributed by atoms with Crippen LogP contribution in [-0.4, -0.2) is 57.0 Å². The van der Waals surface area contributed by atoms with E-state index in [4.69, 9.17) is 4.74 Å². The van der Waals surface area contributed by atoms with Crippen LogP contribution in [0.5, 0.6) is 5.75 Å². The first kappa shape index (κ1) is 19.2. The molecule has 1 saturated heterocycles. The lowest BCUT2D eigenvalue weighted by Crippen LogP contribution is -2.45. The van der Waals surface area contributed by atoms with Crippen molar-refractivity contribution in [2.24, 2.45) is 11.8 Å². The second kappa shape index (κ2) is 8.51. The Morgan fingerprint density at radius 3 is 2.89 bits per heavy atom. The summed E-state index contributed by atoms with van der Waals surface area (Å²) in [7, 11) is 1.63. The van der Waals surface area contributed by atoms with E-state index in [0.29, 0.717) is 22.6 Å². The molecule has 2 fully saturated rings. The van der Waals surface area contributed by atoms with E-state index in [1.54, 1.807) is 11.8 Å². The summed E-state index contributed by atoms with van der Waals surface area (Å²) in [5.41, 5.74) is 1.87. The van der Waals surface area contributed by atoms with Crippen molar-refractivity contribution in [3.05, 3.63) is 23.8 Å². The first-order chi connectivity index (χ1) is 13.7. The zero-order valence-corrected chi connectivity index (χ0v) is 17.3. The number of aryl methyl sites for hydroxylation is 1. The molecular formula is C20H27N5O2S. The number of carbonyl (C=O) groups excluding carboxylic acids is 1. The molecular weight excluding hydrogens is 374 g/mol. The minimum atomic E-state index is 0.180. The van der Waals surface area contributed by atoms with Crippen LogP contribution < -0.4 is 4.74 Å². The fourth-order valence-electron chi connectivity index (χ4n) is 4.43. The topological polar surface area (TPSA) is 73.1 Å². The normalized spacial score (nSPS) is 22.0. The number of rotatable bonds is 5. The molecule has 7 nitrogen and oxygen atoms in total. The van der Waals surface area contributed by atoms with Gasteiger partial charge in [0.1, 0.15) is 11.4 Å². The second-order valence-corrected chi connectivity index (χ2v) is 8.71. The number of methoxy groups -OCH3 is 1. The molecule has 0 bridgehead atoms. The van der Waals surface area contributed by atoms with E-state index in [1.165, 1.54) is 37.4 Å². The number of hydrogen-bond donors (Lipinski definition) is 0. The van der Waals surface area contributed by atoms with Gasteiger partial charge < -0.3 is 9.64 Å². The fraction of sp³-hybridized carbons (Fsp3) is 0.600. The molecule has 1 aliphatic heterocycles. The number of piperidine rings is 1. The maximum Gasteiger partial charge on any atom is 0.233 e. The van der Waals surface area contributed by atoms with Gasteiger partial charge in [0.2, 0.25) is 11.1 Å². The van der Waals surface area contributed by atoms with Gasteiger partial charge in [-0.2, -0.15) is 4.68 Å². The second-order valence-electron chi connectivity index (χ2n) is 7.77. The quantitative estimate of drug-likeness (QED) is 0.717. The summed E-state index contributed by atoms with van der Waals surface area (Å²) in [5, 5.41) is 12.6. The molecule has 1 aromatic heterocycles. The van der Waals surface area contributed by atoms with E-state index in [1.807, 2.05) is 30.0 Å². The van der Waals surface area contributed by atoms with Crippen molar-refractivity contribution in [1.82, 2.24) is 25.1 Å². The molecule has 0 radical (unpaired) electrons. The first-order valence-corrected chi connectivity index (χ1v) is 11.0. The molecule has 28 heavy (non-hydrogen) atoms. The number of likely N-dealkylation sites (tertiary alicyclic amines) is 1. The average Bonchev–Trinajstić information content (AvgIpc) is 3.20. The van der Waals surface area contributed by atoms with Crippen LogP contribution in [0.3, 0.4) is 0 Å². The Balaban J connectivity index is 1.42. The van der Waals surface area contributed by atoms with Gasteiger partial charge in [0, 0.05) is 13.1 Å². The number of hydrogen-bond acceptors (Lipinski definition) is 6. The van der Waals surface area contributed by atoms with Crippen LogP contribution in [-0.2, 0) is 4.79 Å². The summed E-state index contributed by atoms with van der Waals surface area (Å²) in [4.78, 5) is 14.8. The van der Waals surface area contributed by atoms with Crippen molar-refractivity contribution in [3.63, 3.8) is 0 Å². The molecule has 8 heteroatoms. The van der Waals surface area contributed by atoms with E-state index in [9.17, 15) is 4.79 Å². The van der Waals surface area contributed by atoms with Gasteiger partial charge in [-0.3, -0.25) is 4.79 Å². The first-order valence-electron chi connectivity index (χ1n) is 9.99. The van der Waals surface area contributed by atoms with Crippen LogP contribution in [0.1, 0.15) is 37.7 Å². The summed E-state index contributed by atoms with van der Waals surface area (Å²) in [5.74, 6) is 2.75. The molecule has 4 rings (SSSR count). The molecule has 2 atom stereocenters. The molecule has 0 N–H and O–H groups in total. The van der Waals surface area contributed by atoms with Gasteiger partial charge in [-0.1, -0.05) is 37.1 Å². The van der Waals surface area contributed by atoms with Crippen LogP contribution in [0.4, 0.5) is 0 Å². The van der Waals surface area contributed by atoms with Gasteiger partial charge in [0.05, 0.1) is 12.9 Å². The highest BCUT2D eigenvalue weighted by molar-refractivity contribution is 7.99. The number of carbonyl (C=O) groups is 1. The summed E-state index contributed by atoms with van der Waals surface area (Å²) in [6.07, 6.45) is 6.43. The minimum Gasteiger partial charge on any atom is -0.494 e. The smallest absolute Gasteiger partial charge is 0.233 e. The number of tetrazole rings is 1. The van der Waals surface area contributed by atoms with E-state index in [0.717, 1.165) is 36.7 Å². The predicted octanol–water partition coefficient (Wildman–Crippen LogP) is 3.11. The summed E-state index contributed by atoms with van der Waals surface area (Å²) in [6, 6.07) is 5.87. The van der Waals surface area contributed by atoms with E-state index < -0.39 is 0 Å². The molecule has 1 aliphatic carbocycles. The lowest BCUT2D eigenvalue weighted by molar-refractivity contribution is -0.131. The van der Waals surface area contributed by atoms with Crippen LogP contribution in [0.2, 0.25) is 0 Å².